The molecule has 0 spiro atoms. The summed E-state index contributed by atoms with van der Waals surface area (Å²) in [7, 11) is 0. The Morgan fingerprint density at radius 2 is 1.79 bits per heavy atom. The minimum Gasteiger partial charge on any atom is -0.452 e. The minimum absolute atomic E-state index is 0.145. The Balaban J connectivity index is 1.79. The summed E-state index contributed by atoms with van der Waals surface area (Å²) in [6.45, 7) is 1.57. The Kier molecular flexibility index (Phi) is 6.75. The summed E-state index contributed by atoms with van der Waals surface area (Å²) in [6.07, 6.45) is 2.94. The van der Waals surface area contributed by atoms with Crippen LogP contribution in [0.4, 0.5) is 0 Å². The zero-order chi connectivity index (χ0) is 17.4. The maximum Gasteiger partial charge on any atom is 0.331 e. The zero-order valence-corrected chi connectivity index (χ0v) is 14.8. The molecule has 24 heavy (non-hydrogen) atoms. The van der Waals surface area contributed by atoms with Crippen molar-refractivity contribution in [2.45, 2.75) is 13.0 Å². The Labute approximate surface area is 149 Å². The van der Waals surface area contributed by atoms with Gasteiger partial charge in [0.15, 0.2) is 6.61 Å². The van der Waals surface area contributed by atoms with Gasteiger partial charge in [-0.25, -0.2) is 4.79 Å². The van der Waals surface area contributed by atoms with Gasteiger partial charge in [-0.2, -0.15) is 0 Å². The van der Waals surface area contributed by atoms with Crippen molar-refractivity contribution in [1.82, 2.24) is 5.32 Å². The molecule has 0 aromatic heterocycles. The summed E-state index contributed by atoms with van der Waals surface area (Å²) >= 11 is 3.39. The van der Waals surface area contributed by atoms with E-state index in [4.69, 9.17) is 4.74 Å². The number of amides is 1. The van der Waals surface area contributed by atoms with Crippen molar-refractivity contribution in [2.24, 2.45) is 0 Å². The standard InChI is InChI=1S/C19H18BrNO3/c1-14(15-7-3-2-4-8-15)21-18(22)13-24-19(23)12-11-16-9-5-6-10-17(16)20/h2-12,14H,13H2,1H3,(H,21,22)/b12-11+/t14-/m1/s1. The zero-order valence-electron chi connectivity index (χ0n) is 13.2. The lowest BCUT2D eigenvalue weighted by Crippen LogP contribution is -2.30. The van der Waals surface area contributed by atoms with Crippen LogP contribution in [0, 0.1) is 0 Å². The molecule has 1 N–H and O–H groups in total. The molecule has 0 aliphatic heterocycles. The average Bonchev–Trinajstić information content (AvgIpc) is 2.60. The Bertz CT molecular complexity index is 728. The highest BCUT2D eigenvalue weighted by atomic mass is 79.9. The van der Waals surface area contributed by atoms with Crippen LogP contribution in [0.25, 0.3) is 6.08 Å². The second-order valence-corrected chi connectivity index (χ2v) is 6.02. The summed E-state index contributed by atoms with van der Waals surface area (Å²) in [5.41, 5.74) is 1.85. The van der Waals surface area contributed by atoms with Crippen LogP contribution in [0.2, 0.25) is 0 Å². The van der Waals surface area contributed by atoms with Gasteiger partial charge < -0.3 is 10.1 Å². The van der Waals surface area contributed by atoms with Crippen LogP contribution in [-0.4, -0.2) is 18.5 Å². The van der Waals surface area contributed by atoms with Crippen molar-refractivity contribution in [3.8, 4) is 0 Å². The van der Waals surface area contributed by atoms with Crippen molar-refractivity contribution in [2.75, 3.05) is 6.61 Å². The van der Waals surface area contributed by atoms with Gasteiger partial charge in [0.05, 0.1) is 6.04 Å². The van der Waals surface area contributed by atoms with Crippen molar-refractivity contribution < 1.29 is 14.3 Å². The molecular weight excluding hydrogens is 370 g/mol. The van der Waals surface area contributed by atoms with Crippen LogP contribution in [0.3, 0.4) is 0 Å². The molecule has 4 nitrogen and oxygen atoms in total. The highest BCUT2D eigenvalue weighted by Crippen LogP contribution is 2.17. The van der Waals surface area contributed by atoms with Gasteiger partial charge in [-0.05, 0) is 30.2 Å². The molecule has 1 atom stereocenters. The van der Waals surface area contributed by atoms with Crippen LogP contribution >= 0.6 is 15.9 Å². The van der Waals surface area contributed by atoms with Crippen LogP contribution in [0.15, 0.2) is 65.1 Å². The normalized spacial score (nSPS) is 11.9. The number of esters is 1. The Morgan fingerprint density at radius 3 is 2.50 bits per heavy atom. The topological polar surface area (TPSA) is 55.4 Å². The number of rotatable bonds is 6. The molecule has 124 valence electrons. The second kappa shape index (κ2) is 9.03. The van der Waals surface area contributed by atoms with Gasteiger partial charge in [0.1, 0.15) is 0 Å². The van der Waals surface area contributed by atoms with E-state index < -0.39 is 5.97 Å². The van der Waals surface area contributed by atoms with E-state index in [1.165, 1.54) is 6.08 Å². The van der Waals surface area contributed by atoms with Crippen molar-refractivity contribution in [3.05, 3.63) is 76.3 Å². The maximum atomic E-state index is 11.8. The first kappa shape index (κ1) is 17.9. The van der Waals surface area contributed by atoms with Gasteiger partial charge in [-0.1, -0.05) is 64.5 Å². The molecule has 1 amide bonds. The molecule has 0 saturated carbocycles. The van der Waals surface area contributed by atoms with Crippen LogP contribution in [0.1, 0.15) is 24.1 Å². The fraction of sp³-hybridized carbons (Fsp3) is 0.158. The smallest absolute Gasteiger partial charge is 0.331 e. The number of carbonyl (C=O) groups excluding carboxylic acids is 2. The molecule has 2 aromatic carbocycles. The molecule has 0 saturated heterocycles. The summed E-state index contributed by atoms with van der Waals surface area (Å²) in [5.74, 6) is -0.901. The van der Waals surface area contributed by atoms with Gasteiger partial charge >= 0.3 is 5.97 Å². The molecular formula is C19H18BrNO3. The Hall–Kier alpha value is -2.40. The fourth-order valence-electron chi connectivity index (χ4n) is 2.06. The predicted octanol–water partition coefficient (Wildman–Crippen LogP) is 3.88. The minimum atomic E-state index is -0.562. The van der Waals surface area contributed by atoms with Gasteiger partial charge in [0.25, 0.3) is 5.91 Å². The lowest BCUT2D eigenvalue weighted by molar-refractivity contribution is -0.144. The van der Waals surface area contributed by atoms with Gasteiger partial charge in [0, 0.05) is 10.5 Å². The third-order valence-electron chi connectivity index (χ3n) is 3.33. The van der Waals surface area contributed by atoms with Crippen LogP contribution < -0.4 is 5.32 Å². The van der Waals surface area contributed by atoms with Gasteiger partial charge in [-0.3, -0.25) is 4.79 Å². The van der Waals surface area contributed by atoms with Crippen molar-refractivity contribution in [3.63, 3.8) is 0 Å². The summed E-state index contributed by atoms with van der Waals surface area (Å²) in [4.78, 5) is 23.5. The quantitative estimate of drug-likeness (QED) is 0.604. The first-order valence-electron chi connectivity index (χ1n) is 7.50. The molecule has 0 unspecified atom stereocenters. The first-order chi connectivity index (χ1) is 11.6. The van der Waals surface area contributed by atoms with E-state index in [1.54, 1.807) is 6.08 Å². The predicted molar refractivity (Wildman–Crippen MR) is 97.1 cm³/mol. The van der Waals surface area contributed by atoms with Crippen LogP contribution in [0.5, 0.6) is 0 Å². The van der Waals surface area contributed by atoms with Gasteiger partial charge in [-0.15, -0.1) is 0 Å². The molecule has 0 aliphatic rings. The van der Waals surface area contributed by atoms with E-state index in [0.717, 1.165) is 15.6 Å². The lowest BCUT2D eigenvalue weighted by Gasteiger charge is -2.13. The van der Waals surface area contributed by atoms with Gasteiger partial charge in [0.2, 0.25) is 0 Å². The monoisotopic (exact) mass is 387 g/mol. The molecule has 0 radical (unpaired) electrons. The molecule has 0 bridgehead atoms. The SMILES string of the molecule is C[C@@H](NC(=O)COC(=O)/C=C/c1ccccc1Br)c1ccccc1. The molecule has 0 aliphatic carbocycles. The van der Waals surface area contributed by atoms with E-state index in [9.17, 15) is 9.59 Å². The third-order valence-corrected chi connectivity index (χ3v) is 4.05. The fourth-order valence-corrected chi connectivity index (χ4v) is 2.48. The highest BCUT2D eigenvalue weighted by Gasteiger charge is 2.10. The summed E-state index contributed by atoms with van der Waals surface area (Å²) in [5, 5.41) is 2.79. The lowest BCUT2D eigenvalue weighted by atomic mass is 10.1. The number of carbonyl (C=O) groups is 2. The highest BCUT2D eigenvalue weighted by molar-refractivity contribution is 9.10. The van der Waals surface area contributed by atoms with Crippen LogP contribution in [-0.2, 0) is 14.3 Å². The van der Waals surface area contributed by atoms with E-state index in [0.29, 0.717) is 0 Å². The van der Waals surface area contributed by atoms with E-state index in [-0.39, 0.29) is 18.6 Å². The first-order valence-corrected chi connectivity index (χ1v) is 8.29. The number of hydrogen-bond acceptors (Lipinski definition) is 3. The summed E-state index contributed by atoms with van der Waals surface area (Å²) < 4.78 is 5.83. The van der Waals surface area contributed by atoms with Crippen molar-refractivity contribution >= 4 is 33.9 Å². The number of nitrogens with one attached hydrogen (secondary N) is 1. The Morgan fingerprint density at radius 1 is 1.12 bits per heavy atom. The summed E-state index contributed by atoms with van der Waals surface area (Å²) in [6, 6.07) is 16.9. The number of ether oxygens (including phenoxy) is 1. The molecule has 2 aromatic rings. The van der Waals surface area contributed by atoms with Crippen molar-refractivity contribution in [1.29, 1.82) is 0 Å². The number of halogens is 1. The molecule has 0 heterocycles. The molecule has 5 heteroatoms. The number of benzene rings is 2. The maximum absolute atomic E-state index is 11.8. The largest absolute Gasteiger partial charge is 0.452 e. The van der Waals surface area contributed by atoms with E-state index in [1.807, 2.05) is 61.5 Å². The van der Waals surface area contributed by atoms with E-state index >= 15 is 0 Å². The second-order valence-electron chi connectivity index (χ2n) is 5.16. The third kappa shape index (κ3) is 5.66. The van der Waals surface area contributed by atoms with E-state index in [2.05, 4.69) is 21.2 Å². The average molecular weight is 388 g/mol. The molecule has 0 fully saturated rings. The number of hydrogen-bond donors (Lipinski definition) is 1. The molecule has 2 rings (SSSR count).